The number of hydrogen-bond acceptors (Lipinski definition) is 0. The average molecular weight is 115 g/mol. The zero-order chi connectivity index (χ0) is 3.41. The van der Waals surface area contributed by atoms with Gasteiger partial charge in [0.1, 0.15) is 0 Å². The molecule has 34 valence electrons. The van der Waals surface area contributed by atoms with Gasteiger partial charge in [0.05, 0.1) is 0 Å². The van der Waals surface area contributed by atoms with E-state index >= 15 is 0 Å². The summed E-state index contributed by atoms with van der Waals surface area (Å²) >= 11 is 0. The van der Waals surface area contributed by atoms with Crippen LogP contribution < -0.4 is 0 Å². The molecular formula is C4H8Ni. The second kappa shape index (κ2) is 8.87. The third-order valence-corrected chi connectivity index (χ3v) is 0.289. The molecule has 0 bridgehead atoms. The fourth-order valence-corrected chi connectivity index (χ4v) is 0. The van der Waals surface area contributed by atoms with E-state index in [0.29, 0.717) is 0 Å². The van der Waals surface area contributed by atoms with Crippen LogP contribution in [0.2, 0.25) is 0 Å². The second-order valence-electron chi connectivity index (χ2n) is 0.697. The number of rotatable bonds is 1. The van der Waals surface area contributed by atoms with E-state index in [1.54, 1.807) is 0 Å². The molecule has 0 atom stereocenters. The van der Waals surface area contributed by atoms with Crippen LogP contribution in [0.25, 0.3) is 0 Å². The van der Waals surface area contributed by atoms with Gasteiger partial charge in [0.15, 0.2) is 0 Å². The maximum atomic E-state index is 3.48. The molecule has 0 N–H and O–H groups in total. The van der Waals surface area contributed by atoms with Gasteiger partial charge in [-0.1, -0.05) is 13.0 Å². The Labute approximate surface area is 43.2 Å². The molecule has 5 heavy (non-hydrogen) atoms. The topological polar surface area (TPSA) is 0 Å². The first-order valence-electron chi connectivity index (χ1n) is 1.52. The van der Waals surface area contributed by atoms with E-state index in [9.17, 15) is 0 Å². The minimum atomic E-state index is 0. The van der Waals surface area contributed by atoms with Gasteiger partial charge in [-0.15, -0.1) is 6.58 Å². The first-order chi connectivity index (χ1) is 1.91. The molecule has 0 aromatic rings. The molecule has 0 nitrogen and oxygen atoms in total. The molecule has 0 unspecified atom stereocenters. The first-order valence-corrected chi connectivity index (χ1v) is 1.52. The van der Waals surface area contributed by atoms with Crippen LogP contribution in [0.1, 0.15) is 13.3 Å². The monoisotopic (exact) mass is 114 g/mol. The third kappa shape index (κ3) is 13.9. The van der Waals surface area contributed by atoms with Gasteiger partial charge in [-0.2, -0.15) is 0 Å². The summed E-state index contributed by atoms with van der Waals surface area (Å²) in [5, 5.41) is 0. The van der Waals surface area contributed by atoms with Crippen LogP contribution in [-0.4, -0.2) is 0 Å². The van der Waals surface area contributed by atoms with Crippen molar-refractivity contribution in [2.24, 2.45) is 0 Å². The van der Waals surface area contributed by atoms with Crippen molar-refractivity contribution in [3.8, 4) is 0 Å². The molecule has 0 aliphatic heterocycles. The Kier molecular flexibility index (Phi) is 15.9. The molecule has 0 heterocycles. The van der Waals surface area contributed by atoms with Crippen molar-refractivity contribution in [3.63, 3.8) is 0 Å². The normalized spacial score (nSPS) is 5.00. The Morgan fingerprint density at radius 3 is 2.00 bits per heavy atom. The Morgan fingerprint density at radius 2 is 2.00 bits per heavy atom. The molecule has 0 fully saturated rings. The molecule has 1 heteroatoms. The van der Waals surface area contributed by atoms with Crippen molar-refractivity contribution >= 4 is 0 Å². The predicted molar refractivity (Wildman–Crippen MR) is 20.5 cm³/mol. The molecule has 0 aliphatic carbocycles. The van der Waals surface area contributed by atoms with Crippen LogP contribution in [0.15, 0.2) is 12.7 Å². The molecule has 0 spiro atoms. The average Bonchev–Trinajstić information content (AvgIpc) is 1.37. The van der Waals surface area contributed by atoms with Gasteiger partial charge in [0, 0.05) is 16.5 Å². The fourth-order valence-electron chi connectivity index (χ4n) is 0. The zero-order valence-electron chi connectivity index (χ0n) is 3.31. The SMILES string of the molecule is C=CCC.[Ni]. The van der Waals surface area contributed by atoms with Crippen molar-refractivity contribution in [1.29, 1.82) is 0 Å². The summed E-state index contributed by atoms with van der Waals surface area (Å²) in [6, 6.07) is 0. The van der Waals surface area contributed by atoms with Crippen molar-refractivity contribution < 1.29 is 16.5 Å². The fraction of sp³-hybridized carbons (Fsp3) is 0.500. The summed E-state index contributed by atoms with van der Waals surface area (Å²) in [5.41, 5.74) is 0. The molecule has 0 amide bonds. The van der Waals surface area contributed by atoms with Crippen LogP contribution in [0, 0.1) is 0 Å². The van der Waals surface area contributed by atoms with Crippen molar-refractivity contribution in [3.05, 3.63) is 12.7 Å². The third-order valence-electron chi connectivity index (χ3n) is 0.289. The Bertz CT molecular complexity index is 17.6. The van der Waals surface area contributed by atoms with E-state index in [2.05, 4.69) is 13.5 Å². The van der Waals surface area contributed by atoms with E-state index in [0.717, 1.165) is 6.42 Å². The van der Waals surface area contributed by atoms with Gasteiger partial charge in [0.25, 0.3) is 0 Å². The number of hydrogen-bond donors (Lipinski definition) is 0. The van der Waals surface area contributed by atoms with Crippen LogP contribution in [0.5, 0.6) is 0 Å². The van der Waals surface area contributed by atoms with Gasteiger partial charge in [-0.05, 0) is 6.42 Å². The molecule has 0 saturated carbocycles. The van der Waals surface area contributed by atoms with E-state index in [1.807, 2.05) is 6.08 Å². The molecular weight excluding hydrogens is 107 g/mol. The Morgan fingerprint density at radius 1 is 1.80 bits per heavy atom. The summed E-state index contributed by atoms with van der Waals surface area (Å²) < 4.78 is 0. The quantitative estimate of drug-likeness (QED) is 0.359. The maximum absolute atomic E-state index is 3.48. The Hall–Kier alpha value is 0.234. The van der Waals surface area contributed by atoms with Gasteiger partial charge in [-0.3, -0.25) is 0 Å². The molecule has 0 aromatic heterocycles. The van der Waals surface area contributed by atoms with Crippen LogP contribution in [0.4, 0.5) is 0 Å². The summed E-state index contributed by atoms with van der Waals surface area (Å²) in [4.78, 5) is 0. The summed E-state index contributed by atoms with van der Waals surface area (Å²) in [6.07, 6.45) is 2.96. The standard InChI is InChI=1S/C4H8.Ni/c1-3-4-2;/h3H,1,4H2,2H3;. The van der Waals surface area contributed by atoms with Gasteiger partial charge in [-0.25, -0.2) is 0 Å². The summed E-state index contributed by atoms with van der Waals surface area (Å²) in [6.45, 7) is 5.54. The first kappa shape index (κ1) is 8.97. The van der Waals surface area contributed by atoms with Crippen molar-refractivity contribution in [2.45, 2.75) is 13.3 Å². The predicted octanol–water partition coefficient (Wildman–Crippen LogP) is 1.58. The molecule has 0 aromatic carbocycles. The maximum Gasteiger partial charge on any atom is 0 e. The zero-order valence-corrected chi connectivity index (χ0v) is 4.30. The second-order valence-corrected chi connectivity index (χ2v) is 0.697. The van der Waals surface area contributed by atoms with Crippen molar-refractivity contribution in [2.75, 3.05) is 0 Å². The van der Waals surface area contributed by atoms with Gasteiger partial charge in [0.2, 0.25) is 0 Å². The minimum Gasteiger partial charge on any atom is -0.103 e. The largest absolute Gasteiger partial charge is 0.103 e. The summed E-state index contributed by atoms with van der Waals surface area (Å²) in [7, 11) is 0. The van der Waals surface area contributed by atoms with E-state index in [-0.39, 0.29) is 16.5 Å². The van der Waals surface area contributed by atoms with E-state index < -0.39 is 0 Å². The van der Waals surface area contributed by atoms with E-state index in [4.69, 9.17) is 0 Å². The smallest absolute Gasteiger partial charge is 0 e. The number of allylic oxidation sites excluding steroid dienone is 1. The van der Waals surface area contributed by atoms with Crippen LogP contribution >= 0.6 is 0 Å². The van der Waals surface area contributed by atoms with Gasteiger partial charge >= 0.3 is 0 Å². The van der Waals surface area contributed by atoms with Crippen molar-refractivity contribution in [1.82, 2.24) is 0 Å². The Balaban J connectivity index is 0. The molecule has 0 radical (unpaired) electrons. The van der Waals surface area contributed by atoms with Gasteiger partial charge < -0.3 is 0 Å². The van der Waals surface area contributed by atoms with Crippen LogP contribution in [-0.2, 0) is 16.5 Å². The van der Waals surface area contributed by atoms with Crippen LogP contribution in [0.3, 0.4) is 0 Å². The molecule has 0 saturated heterocycles. The summed E-state index contributed by atoms with van der Waals surface area (Å²) in [5.74, 6) is 0. The minimum absolute atomic E-state index is 0. The van der Waals surface area contributed by atoms with E-state index in [1.165, 1.54) is 0 Å². The molecule has 0 rings (SSSR count). The molecule has 0 aliphatic rings.